The Labute approximate surface area is 146 Å². The highest BCUT2D eigenvalue weighted by atomic mass is 35.5. The zero-order valence-electron chi connectivity index (χ0n) is 12.1. The van der Waals surface area contributed by atoms with Gasteiger partial charge in [-0.15, -0.1) is 22.7 Å². The largest absolute Gasteiger partial charge is 0.497 e. The molecule has 0 atom stereocenters. The van der Waals surface area contributed by atoms with Crippen LogP contribution in [0.2, 0.25) is 5.15 Å². The number of benzene rings is 1. The lowest BCUT2D eigenvalue weighted by Gasteiger charge is -2.00. The predicted octanol–water partition coefficient (Wildman–Crippen LogP) is 5.75. The summed E-state index contributed by atoms with van der Waals surface area (Å²) in [5.74, 6) is 1.52. The number of aromatic nitrogens is 2. The fourth-order valence-electron chi connectivity index (χ4n) is 2.30. The molecule has 1 aromatic carbocycles. The Morgan fingerprint density at radius 2 is 1.87 bits per heavy atom. The molecule has 114 valence electrons. The van der Waals surface area contributed by atoms with Gasteiger partial charge in [0.2, 0.25) is 0 Å². The van der Waals surface area contributed by atoms with Crippen LogP contribution in [0.15, 0.2) is 47.8 Å². The molecule has 6 heteroatoms. The van der Waals surface area contributed by atoms with E-state index in [0.29, 0.717) is 11.0 Å². The summed E-state index contributed by atoms with van der Waals surface area (Å²) in [4.78, 5) is 12.1. The summed E-state index contributed by atoms with van der Waals surface area (Å²) in [5.41, 5.74) is 1.11. The molecule has 3 heterocycles. The number of halogens is 1. The average molecular weight is 359 g/mol. The molecule has 0 saturated carbocycles. The van der Waals surface area contributed by atoms with Gasteiger partial charge >= 0.3 is 0 Å². The lowest BCUT2D eigenvalue weighted by molar-refractivity contribution is 0.415. The first-order valence-corrected chi connectivity index (χ1v) is 8.97. The molecule has 0 N–H and O–H groups in total. The van der Waals surface area contributed by atoms with Crippen molar-refractivity contribution in [2.45, 2.75) is 0 Å². The van der Waals surface area contributed by atoms with Crippen LogP contribution in [0.25, 0.3) is 31.4 Å². The molecule has 0 bridgehead atoms. The van der Waals surface area contributed by atoms with Crippen LogP contribution >= 0.6 is 34.3 Å². The van der Waals surface area contributed by atoms with Gasteiger partial charge in [0.25, 0.3) is 0 Å². The molecule has 0 aliphatic heterocycles. The van der Waals surface area contributed by atoms with Gasteiger partial charge in [-0.05, 0) is 47.3 Å². The highest BCUT2D eigenvalue weighted by Gasteiger charge is 2.13. The maximum absolute atomic E-state index is 6.37. The summed E-state index contributed by atoms with van der Waals surface area (Å²) in [6.07, 6.45) is 0. The third-order valence-corrected chi connectivity index (χ3v) is 5.69. The minimum absolute atomic E-state index is 0.495. The Kier molecular flexibility index (Phi) is 3.77. The molecule has 0 unspecified atom stereocenters. The van der Waals surface area contributed by atoms with E-state index in [1.807, 2.05) is 47.8 Å². The van der Waals surface area contributed by atoms with E-state index < -0.39 is 0 Å². The van der Waals surface area contributed by atoms with Gasteiger partial charge in [0.1, 0.15) is 15.7 Å². The monoisotopic (exact) mass is 358 g/mol. The highest BCUT2D eigenvalue weighted by molar-refractivity contribution is 7.22. The lowest BCUT2D eigenvalue weighted by atomic mass is 10.2. The zero-order chi connectivity index (χ0) is 15.8. The molecule has 0 aliphatic rings. The summed E-state index contributed by atoms with van der Waals surface area (Å²) in [6.45, 7) is 0. The Hall–Kier alpha value is -1.95. The quantitative estimate of drug-likeness (QED) is 0.437. The fraction of sp³-hybridized carbons (Fsp3) is 0.0588. The topological polar surface area (TPSA) is 35.0 Å². The van der Waals surface area contributed by atoms with E-state index in [9.17, 15) is 0 Å². The van der Waals surface area contributed by atoms with Crippen molar-refractivity contribution in [3.05, 3.63) is 53.0 Å². The van der Waals surface area contributed by atoms with Crippen LogP contribution in [0.5, 0.6) is 5.75 Å². The van der Waals surface area contributed by atoms with Crippen molar-refractivity contribution in [3.63, 3.8) is 0 Å². The molecular formula is C17H11ClN2OS2. The molecular weight excluding hydrogens is 348 g/mol. The van der Waals surface area contributed by atoms with Gasteiger partial charge in [0.15, 0.2) is 5.82 Å². The van der Waals surface area contributed by atoms with Gasteiger partial charge < -0.3 is 4.74 Å². The van der Waals surface area contributed by atoms with E-state index in [1.165, 1.54) is 0 Å². The molecule has 0 saturated heterocycles. The third-order valence-electron chi connectivity index (χ3n) is 3.46. The summed E-state index contributed by atoms with van der Waals surface area (Å²) in [5, 5.41) is 3.39. The highest BCUT2D eigenvalue weighted by Crippen LogP contribution is 2.37. The normalized spacial score (nSPS) is 11.0. The number of ether oxygens (including phenoxy) is 1. The van der Waals surface area contributed by atoms with Crippen molar-refractivity contribution in [1.29, 1.82) is 0 Å². The number of rotatable bonds is 3. The van der Waals surface area contributed by atoms with Gasteiger partial charge in [0, 0.05) is 10.3 Å². The van der Waals surface area contributed by atoms with Crippen molar-refractivity contribution in [2.75, 3.05) is 7.11 Å². The third kappa shape index (κ3) is 2.72. The van der Waals surface area contributed by atoms with E-state index in [1.54, 1.807) is 29.8 Å². The van der Waals surface area contributed by atoms with E-state index in [0.717, 1.165) is 31.3 Å². The number of methoxy groups -OCH3 is 1. The fourth-order valence-corrected chi connectivity index (χ4v) is 4.27. The standard InChI is InChI=1S/C17H11ClN2OS2/c1-21-11-6-4-10(5-7-11)14-9-12-15(18)19-16(20-17(12)23-14)13-3-2-8-22-13/h2-9H,1H3. The number of hydrogen-bond acceptors (Lipinski definition) is 5. The maximum atomic E-state index is 6.37. The second kappa shape index (κ2) is 5.92. The minimum atomic E-state index is 0.495. The Bertz CT molecular complexity index is 962. The zero-order valence-corrected chi connectivity index (χ0v) is 14.5. The molecule has 0 spiro atoms. The SMILES string of the molecule is COc1ccc(-c2cc3c(Cl)nc(-c4cccs4)nc3s2)cc1. The van der Waals surface area contributed by atoms with Gasteiger partial charge in [-0.1, -0.05) is 17.7 Å². The summed E-state index contributed by atoms with van der Waals surface area (Å²) in [7, 11) is 1.66. The molecule has 0 fully saturated rings. The maximum Gasteiger partial charge on any atom is 0.172 e. The van der Waals surface area contributed by atoms with Crippen molar-refractivity contribution >= 4 is 44.5 Å². The molecule has 4 aromatic rings. The van der Waals surface area contributed by atoms with Gasteiger partial charge in [-0.3, -0.25) is 0 Å². The van der Waals surface area contributed by atoms with E-state index in [2.05, 4.69) is 9.97 Å². The van der Waals surface area contributed by atoms with E-state index in [-0.39, 0.29) is 0 Å². The Morgan fingerprint density at radius 3 is 2.57 bits per heavy atom. The molecule has 3 nitrogen and oxygen atoms in total. The second-order valence-electron chi connectivity index (χ2n) is 4.87. The average Bonchev–Trinajstić information content (AvgIpc) is 3.24. The first kappa shape index (κ1) is 14.6. The number of thiophene rings is 2. The van der Waals surface area contributed by atoms with Crippen molar-refractivity contribution in [3.8, 4) is 26.9 Å². The molecule has 0 amide bonds. The van der Waals surface area contributed by atoms with Gasteiger partial charge in [-0.25, -0.2) is 9.97 Å². The van der Waals surface area contributed by atoms with Crippen LogP contribution in [0.3, 0.4) is 0 Å². The summed E-state index contributed by atoms with van der Waals surface area (Å²) >= 11 is 9.59. The number of nitrogens with zero attached hydrogens (tertiary/aromatic N) is 2. The van der Waals surface area contributed by atoms with E-state index >= 15 is 0 Å². The second-order valence-corrected chi connectivity index (χ2v) is 7.21. The van der Waals surface area contributed by atoms with Crippen molar-refractivity contribution in [2.24, 2.45) is 0 Å². The van der Waals surface area contributed by atoms with Crippen LogP contribution in [0.4, 0.5) is 0 Å². The number of fused-ring (bicyclic) bond motifs is 1. The van der Waals surface area contributed by atoms with Crippen LogP contribution in [-0.2, 0) is 0 Å². The minimum Gasteiger partial charge on any atom is -0.497 e. The predicted molar refractivity (Wildman–Crippen MR) is 97.7 cm³/mol. The van der Waals surface area contributed by atoms with Gasteiger partial charge in [0.05, 0.1) is 12.0 Å². The molecule has 0 radical (unpaired) electrons. The summed E-state index contributed by atoms with van der Waals surface area (Å²) < 4.78 is 5.20. The molecule has 23 heavy (non-hydrogen) atoms. The van der Waals surface area contributed by atoms with E-state index in [4.69, 9.17) is 16.3 Å². The molecule has 0 aliphatic carbocycles. The van der Waals surface area contributed by atoms with Crippen LogP contribution < -0.4 is 4.74 Å². The molecule has 4 rings (SSSR count). The smallest absolute Gasteiger partial charge is 0.172 e. The van der Waals surface area contributed by atoms with Crippen LogP contribution in [0, 0.1) is 0 Å². The first-order chi connectivity index (χ1) is 11.2. The Morgan fingerprint density at radius 1 is 1.04 bits per heavy atom. The lowest BCUT2D eigenvalue weighted by Crippen LogP contribution is -1.86. The van der Waals surface area contributed by atoms with Gasteiger partial charge in [-0.2, -0.15) is 0 Å². The van der Waals surface area contributed by atoms with Crippen molar-refractivity contribution in [1.82, 2.24) is 9.97 Å². The Balaban J connectivity index is 1.82. The van der Waals surface area contributed by atoms with Crippen LogP contribution in [0.1, 0.15) is 0 Å². The first-order valence-electron chi connectivity index (χ1n) is 6.90. The summed E-state index contributed by atoms with van der Waals surface area (Å²) in [6, 6.07) is 14.0. The molecule has 3 aromatic heterocycles. The van der Waals surface area contributed by atoms with Crippen molar-refractivity contribution < 1.29 is 4.74 Å². The van der Waals surface area contributed by atoms with Crippen LogP contribution in [-0.4, -0.2) is 17.1 Å². The number of hydrogen-bond donors (Lipinski definition) is 0.